The molecule has 114 valence electrons. The van der Waals surface area contributed by atoms with Crippen molar-refractivity contribution in [3.63, 3.8) is 0 Å². The van der Waals surface area contributed by atoms with Crippen LogP contribution in [-0.2, 0) is 6.18 Å². The SMILES string of the molecule is CC(C)(C)NCCCSc1ncc(C(F)(F)F)cc1Cl. The fourth-order valence-electron chi connectivity index (χ4n) is 1.39. The van der Waals surface area contributed by atoms with Gasteiger partial charge in [0.05, 0.1) is 10.6 Å². The van der Waals surface area contributed by atoms with Gasteiger partial charge in [-0.05, 0) is 39.8 Å². The maximum atomic E-state index is 12.4. The van der Waals surface area contributed by atoms with Crippen molar-refractivity contribution in [1.29, 1.82) is 0 Å². The molecule has 0 saturated heterocycles. The lowest BCUT2D eigenvalue weighted by Gasteiger charge is -2.20. The van der Waals surface area contributed by atoms with Gasteiger partial charge in [-0.2, -0.15) is 13.2 Å². The van der Waals surface area contributed by atoms with Crippen LogP contribution in [0.4, 0.5) is 13.2 Å². The molecule has 0 aliphatic heterocycles. The van der Waals surface area contributed by atoms with Crippen LogP contribution in [0.5, 0.6) is 0 Å². The highest BCUT2D eigenvalue weighted by atomic mass is 35.5. The van der Waals surface area contributed by atoms with Crippen molar-refractivity contribution in [3.05, 3.63) is 22.8 Å². The third kappa shape index (κ3) is 6.33. The summed E-state index contributed by atoms with van der Waals surface area (Å²) in [4.78, 5) is 3.78. The number of thioether (sulfide) groups is 1. The number of nitrogens with zero attached hydrogens (tertiary/aromatic N) is 1. The Morgan fingerprint density at radius 3 is 2.45 bits per heavy atom. The van der Waals surface area contributed by atoms with Gasteiger partial charge in [-0.25, -0.2) is 4.98 Å². The number of aromatic nitrogens is 1. The largest absolute Gasteiger partial charge is 0.417 e. The average molecular weight is 327 g/mol. The highest BCUT2D eigenvalue weighted by Crippen LogP contribution is 2.33. The van der Waals surface area contributed by atoms with Crippen LogP contribution in [0.15, 0.2) is 17.3 Å². The van der Waals surface area contributed by atoms with Gasteiger partial charge < -0.3 is 5.32 Å². The van der Waals surface area contributed by atoms with Gasteiger partial charge in [0, 0.05) is 17.5 Å². The summed E-state index contributed by atoms with van der Waals surface area (Å²) in [5, 5.41) is 3.83. The van der Waals surface area contributed by atoms with E-state index in [0.29, 0.717) is 5.03 Å². The summed E-state index contributed by atoms with van der Waals surface area (Å²) in [7, 11) is 0. The number of hydrogen-bond acceptors (Lipinski definition) is 3. The van der Waals surface area contributed by atoms with Crippen molar-refractivity contribution >= 4 is 23.4 Å². The van der Waals surface area contributed by atoms with E-state index in [0.717, 1.165) is 31.0 Å². The van der Waals surface area contributed by atoms with E-state index in [9.17, 15) is 13.2 Å². The fraction of sp³-hybridized carbons (Fsp3) is 0.615. The summed E-state index contributed by atoms with van der Waals surface area (Å²) in [6.45, 7) is 7.08. The molecule has 0 fully saturated rings. The Labute approximate surface area is 126 Å². The molecule has 2 nitrogen and oxygen atoms in total. The van der Waals surface area contributed by atoms with Crippen molar-refractivity contribution in [1.82, 2.24) is 10.3 Å². The highest BCUT2D eigenvalue weighted by Gasteiger charge is 2.31. The lowest BCUT2D eigenvalue weighted by Crippen LogP contribution is -2.36. The second-order valence-electron chi connectivity index (χ2n) is 5.39. The summed E-state index contributed by atoms with van der Waals surface area (Å²) < 4.78 is 37.3. The molecular formula is C13H18ClF3N2S. The van der Waals surface area contributed by atoms with Crippen LogP contribution in [0, 0.1) is 0 Å². The van der Waals surface area contributed by atoms with Crippen molar-refractivity contribution in [2.45, 2.75) is 43.9 Å². The van der Waals surface area contributed by atoms with Gasteiger partial charge in [0.2, 0.25) is 0 Å². The van der Waals surface area contributed by atoms with E-state index in [-0.39, 0.29) is 10.6 Å². The van der Waals surface area contributed by atoms with Crippen LogP contribution in [0.25, 0.3) is 0 Å². The lowest BCUT2D eigenvalue weighted by atomic mass is 10.1. The third-order valence-corrected chi connectivity index (χ3v) is 3.84. The fourth-order valence-corrected chi connectivity index (χ4v) is 2.53. The molecule has 0 atom stereocenters. The topological polar surface area (TPSA) is 24.9 Å². The molecule has 7 heteroatoms. The minimum absolute atomic E-state index is 0.0496. The van der Waals surface area contributed by atoms with Crippen LogP contribution in [0.2, 0.25) is 5.02 Å². The third-order valence-electron chi connectivity index (χ3n) is 2.35. The molecule has 0 amide bonds. The van der Waals surface area contributed by atoms with E-state index in [2.05, 4.69) is 31.1 Å². The van der Waals surface area contributed by atoms with Crippen molar-refractivity contribution in [2.24, 2.45) is 0 Å². The molecule has 0 bridgehead atoms. The van der Waals surface area contributed by atoms with E-state index in [4.69, 9.17) is 11.6 Å². The maximum absolute atomic E-state index is 12.4. The smallest absolute Gasteiger partial charge is 0.312 e. The normalized spacial score (nSPS) is 12.8. The molecule has 0 saturated carbocycles. The average Bonchev–Trinajstić information content (AvgIpc) is 2.27. The van der Waals surface area contributed by atoms with Gasteiger partial charge in [-0.3, -0.25) is 0 Å². The molecule has 0 aliphatic rings. The van der Waals surface area contributed by atoms with Gasteiger partial charge in [0.1, 0.15) is 5.03 Å². The summed E-state index contributed by atoms with van der Waals surface area (Å²) in [6, 6.07) is 0.921. The van der Waals surface area contributed by atoms with E-state index >= 15 is 0 Å². The summed E-state index contributed by atoms with van der Waals surface area (Å²) >= 11 is 7.19. The second-order valence-corrected chi connectivity index (χ2v) is 6.88. The van der Waals surface area contributed by atoms with Gasteiger partial charge >= 0.3 is 6.18 Å². The first-order chi connectivity index (χ1) is 9.09. The van der Waals surface area contributed by atoms with Crippen LogP contribution in [-0.4, -0.2) is 22.8 Å². The predicted molar refractivity (Wildman–Crippen MR) is 77.3 cm³/mol. The number of halogens is 4. The number of nitrogens with one attached hydrogen (secondary N) is 1. The van der Waals surface area contributed by atoms with Gasteiger partial charge in [-0.15, -0.1) is 11.8 Å². The van der Waals surface area contributed by atoms with Crippen LogP contribution in [0.1, 0.15) is 32.8 Å². The summed E-state index contributed by atoms with van der Waals surface area (Å²) in [5.41, 5.74) is -0.754. The standard InChI is InChI=1S/C13H18ClF3N2S/c1-12(2,3)19-5-4-6-20-11-10(14)7-9(8-18-11)13(15,16)17/h7-8,19H,4-6H2,1-3H3. The first-order valence-corrected chi connectivity index (χ1v) is 7.56. The molecule has 1 N–H and O–H groups in total. The number of pyridine rings is 1. The van der Waals surface area contributed by atoms with Crippen LogP contribution < -0.4 is 5.32 Å². The molecule has 0 aromatic carbocycles. The zero-order valence-electron chi connectivity index (χ0n) is 11.6. The highest BCUT2D eigenvalue weighted by molar-refractivity contribution is 7.99. The quantitative estimate of drug-likeness (QED) is 0.631. The van der Waals surface area contributed by atoms with Crippen molar-refractivity contribution in [2.75, 3.05) is 12.3 Å². The Kier molecular flexibility index (Phi) is 6.16. The summed E-state index contributed by atoms with van der Waals surface area (Å²) in [6.07, 6.45) is -2.70. The molecular weight excluding hydrogens is 309 g/mol. The Balaban J connectivity index is 2.46. The molecule has 0 unspecified atom stereocenters. The first-order valence-electron chi connectivity index (χ1n) is 6.20. The number of alkyl halides is 3. The van der Waals surface area contributed by atoms with Crippen LogP contribution in [0.3, 0.4) is 0 Å². The molecule has 1 heterocycles. The predicted octanol–water partition coefficient (Wildman–Crippen LogP) is 4.62. The minimum Gasteiger partial charge on any atom is -0.312 e. The molecule has 0 radical (unpaired) electrons. The van der Waals surface area contributed by atoms with E-state index in [1.54, 1.807) is 0 Å². The summed E-state index contributed by atoms with van der Waals surface area (Å²) in [5.74, 6) is 0.751. The first kappa shape index (κ1) is 17.6. The van der Waals surface area contributed by atoms with Crippen molar-refractivity contribution < 1.29 is 13.2 Å². The monoisotopic (exact) mass is 326 g/mol. The van der Waals surface area contributed by atoms with Crippen molar-refractivity contribution in [3.8, 4) is 0 Å². The van der Waals surface area contributed by atoms with Gasteiger partial charge in [0.25, 0.3) is 0 Å². The Morgan fingerprint density at radius 2 is 1.95 bits per heavy atom. The maximum Gasteiger partial charge on any atom is 0.417 e. The second kappa shape index (κ2) is 7.00. The van der Waals surface area contributed by atoms with E-state index < -0.39 is 11.7 Å². The molecule has 1 rings (SSSR count). The lowest BCUT2D eigenvalue weighted by molar-refractivity contribution is -0.137. The number of rotatable bonds is 5. The molecule has 1 aromatic heterocycles. The Hall–Kier alpha value is -0.460. The van der Waals surface area contributed by atoms with E-state index in [1.807, 2.05) is 0 Å². The van der Waals surface area contributed by atoms with Crippen LogP contribution >= 0.6 is 23.4 Å². The van der Waals surface area contributed by atoms with E-state index in [1.165, 1.54) is 11.8 Å². The molecule has 20 heavy (non-hydrogen) atoms. The van der Waals surface area contributed by atoms with Gasteiger partial charge in [0.15, 0.2) is 0 Å². The zero-order chi connectivity index (χ0) is 15.4. The zero-order valence-corrected chi connectivity index (χ0v) is 13.2. The number of hydrogen-bond donors (Lipinski definition) is 1. The van der Waals surface area contributed by atoms with Gasteiger partial charge in [-0.1, -0.05) is 11.6 Å². The Morgan fingerprint density at radius 1 is 1.30 bits per heavy atom. The molecule has 0 spiro atoms. The Bertz CT molecular complexity index is 444. The molecule has 1 aromatic rings. The minimum atomic E-state index is -4.41. The molecule has 0 aliphatic carbocycles.